The standard InChI is InChI=1S/C19H20N2O6/c22-15-8-6-13(7-9-15)10-16(18(24)25)21-17(23)11-20-19(26)27-12-14-4-2-1-3-5-14/h1-9,16,22H,10-12H2,(H,20,26)(H,21,23)(H,24,25)/p-1/t16-/m1/s1. The lowest BCUT2D eigenvalue weighted by molar-refractivity contribution is -0.308. The zero-order valence-corrected chi connectivity index (χ0v) is 14.4. The SMILES string of the molecule is O=C(CNC(=O)OCc1ccccc1)N[C@H](Cc1ccc(O)cc1)C(=O)[O-]. The van der Waals surface area contributed by atoms with Gasteiger partial charge in [-0.15, -0.1) is 0 Å². The lowest BCUT2D eigenvalue weighted by atomic mass is 10.1. The average Bonchev–Trinajstić information content (AvgIpc) is 2.66. The van der Waals surface area contributed by atoms with Crippen LogP contribution in [0.15, 0.2) is 54.6 Å². The molecule has 0 radical (unpaired) electrons. The molecule has 27 heavy (non-hydrogen) atoms. The third-order valence-corrected chi connectivity index (χ3v) is 3.60. The van der Waals surface area contributed by atoms with Gasteiger partial charge in [-0.1, -0.05) is 42.5 Å². The van der Waals surface area contributed by atoms with Crippen LogP contribution in [0.5, 0.6) is 5.75 Å². The number of aromatic hydroxyl groups is 1. The van der Waals surface area contributed by atoms with Crippen LogP contribution in [-0.2, 0) is 27.4 Å². The summed E-state index contributed by atoms with van der Waals surface area (Å²) in [6.07, 6.45) is -0.815. The maximum atomic E-state index is 11.9. The van der Waals surface area contributed by atoms with Gasteiger partial charge in [0.25, 0.3) is 0 Å². The molecule has 2 rings (SSSR count). The molecule has 2 aromatic rings. The van der Waals surface area contributed by atoms with Gasteiger partial charge in [-0.25, -0.2) is 4.79 Å². The van der Waals surface area contributed by atoms with Crippen molar-refractivity contribution < 1.29 is 29.3 Å². The van der Waals surface area contributed by atoms with E-state index in [0.29, 0.717) is 5.56 Å². The number of alkyl carbamates (subject to hydrolysis) is 1. The molecule has 0 saturated heterocycles. The fourth-order valence-corrected chi connectivity index (χ4v) is 2.23. The van der Waals surface area contributed by atoms with Gasteiger partial charge in [-0.3, -0.25) is 4.79 Å². The first kappa shape index (κ1) is 19.8. The summed E-state index contributed by atoms with van der Waals surface area (Å²) >= 11 is 0. The Morgan fingerprint density at radius 1 is 1.00 bits per heavy atom. The summed E-state index contributed by atoms with van der Waals surface area (Å²) in [6.45, 7) is -0.385. The van der Waals surface area contributed by atoms with Crippen LogP contribution in [0.25, 0.3) is 0 Å². The monoisotopic (exact) mass is 371 g/mol. The van der Waals surface area contributed by atoms with Crippen LogP contribution >= 0.6 is 0 Å². The summed E-state index contributed by atoms with van der Waals surface area (Å²) < 4.78 is 4.96. The van der Waals surface area contributed by atoms with Gasteiger partial charge in [-0.2, -0.15) is 0 Å². The number of phenolic OH excluding ortho intramolecular Hbond substituents is 1. The number of rotatable bonds is 8. The molecular weight excluding hydrogens is 352 g/mol. The van der Waals surface area contributed by atoms with Crippen LogP contribution in [0, 0.1) is 0 Å². The number of aliphatic carboxylic acids is 1. The first-order valence-corrected chi connectivity index (χ1v) is 8.16. The average molecular weight is 371 g/mol. The minimum absolute atomic E-state index is 0.0210. The molecular formula is C19H19N2O6-. The van der Waals surface area contributed by atoms with Crippen LogP contribution in [0.3, 0.4) is 0 Å². The highest BCUT2D eigenvalue weighted by Crippen LogP contribution is 2.11. The number of ether oxygens (including phenoxy) is 1. The molecule has 0 heterocycles. The Kier molecular flexibility index (Phi) is 7.18. The van der Waals surface area contributed by atoms with Gasteiger partial charge < -0.3 is 30.4 Å². The van der Waals surface area contributed by atoms with Crippen LogP contribution in [0.4, 0.5) is 4.79 Å². The van der Waals surface area contributed by atoms with Crippen LogP contribution < -0.4 is 15.7 Å². The van der Waals surface area contributed by atoms with E-state index < -0.39 is 30.6 Å². The number of carboxylic acid groups (broad SMARTS) is 1. The topological polar surface area (TPSA) is 128 Å². The Bertz CT molecular complexity index is 777. The van der Waals surface area contributed by atoms with Crippen molar-refractivity contribution in [2.75, 3.05) is 6.54 Å². The van der Waals surface area contributed by atoms with E-state index in [0.717, 1.165) is 5.56 Å². The highest BCUT2D eigenvalue weighted by atomic mass is 16.5. The van der Waals surface area contributed by atoms with Gasteiger partial charge >= 0.3 is 6.09 Å². The molecule has 8 nitrogen and oxygen atoms in total. The van der Waals surface area contributed by atoms with Crippen molar-refractivity contribution in [3.8, 4) is 5.75 Å². The number of hydrogen-bond acceptors (Lipinski definition) is 6. The highest BCUT2D eigenvalue weighted by molar-refractivity contribution is 5.86. The number of nitrogens with one attached hydrogen (secondary N) is 2. The molecule has 0 aliphatic rings. The van der Waals surface area contributed by atoms with Gasteiger partial charge in [0.2, 0.25) is 5.91 Å². The smallest absolute Gasteiger partial charge is 0.407 e. The number of carbonyl (C=O) groups is 3. The zero-order chi connectivity index (χ0) is 19.6. The van der Waals surface area contributed by atoms with E-state index in [9.17, 15) is 24.6 Å². The van der Waals surface area contributed by atoms with Crippen molar-refractivity contribution in [3.63, 3.8) is 0 Å². The minimum Gasteiger partial charge on any atom is -0.548 e. The highest BCUT2D eigenvalue weighted by Gasteiger charge is 2.15. The Morgan fingerprint density at radius 3 is 2.30 bits per heavy atom. The number of benzene rings is 2. The second-order valence-electron chi connectivity index (χ2n) is 5.72. The molecule has 0 unspecified atom stereocenters. The predicted molar refractivity (Wildman–Crippen MR) is 93.4 cm³/mol. The fourth-order valence-electron chi connectivity index (χ4n) is 2.23. The number of carboxylic acids is 1. The summed E-state index contributed by atoms with van der Waals surface area (Å²) in [5.41, 5.74) is 1.39. The van der Waals surface area contributed by atoms with Gasteiger partial charge in [0.1, 0.15) is 18.9 Å². The Balaban J connectivity index is 1.77. The van der Waals surface area contributed by atoms with E-state index in [-0.39, 0.29) is 18.8 Å². The van der Waals surface area contributed by atoms with Crippen molar-refractivity contribution in [1.29, 1.82) is 0 Å². The van der Waals surface area contributed by atoms with Crippen LogP contribution in [0.1, 0.15) is 11.1 Å². The number of hydrogen-bond donors (Lipinski definition) is 3. The molecule has 2 aromatic carbocycles. The molecule has 1 atom stereocenters. The molecule has 0 fully saturated rings. The van der Waals surface area contributed by atoms with Crippen LogP contribution in [-0.4, -0.2) is 35.7 Å². The molecule has 142 valence electrons. The lowest BCUT2D eigenvalue weighted by Gasteiger charge is -2.20. The van der Waals surface area contributed by atoms with Crippen molar-refractivity contribution >= 4 is 18.0 Å². The van der Waals surface area contributed by atoms with Crippen molar-refractivity contribution in [1.82, 2.24) is 10.6 Å². The maximum absolute atomic E-state index is 11.9. The molecule has 0 bridgehead atoms. The molecule has 8 heteroatoms. The number of phenols is 1. The predicted octanol–water partition coefficient (Wildman–Crippen LogP) is 0.0958. The largest absolute Gasteiger partial charge is 0.548 e. The summed E-state index contributed by atoms with van der Waals surface area (Å²) in [4.78, 5) is 34.7. The normalized spacial score (nSPS) is 11.3. The fraction of sp³-hybridized carbons (Fsp3) is 0.211. The minimum atomic E-state index is -1.46. The second kappa shape index (κ2) is 9.81. The Morgan fingerprint density at radius 2 is 1.67 bits per heavy atom. The van der Waals surface area contributed by atoms with Crippen molar-refractivity contribution in [2.45, 2.75) is 19.1 Å². The lowest BCUT2D eigenvalue weighted by Crippen LogP contribution is -2.51. The van der Waals surface area contributed by atoms with Gasteiger partial charge in [-0.05, 0) is 29.7 Å². The molecule has 3 N–H and O–H groups in total. The summed E-state index contributed by atoms with van der Waals surface area (Å²) in [7, 11) is 0. The quantitative estimate of drug-likeness (QED) is 0.604. The van der Waals surface area contributed by atoms with E-state index in [1.807, 2.05) is 6.07 Å². The van der Waals surface area contributed by atoms with Gasteiger partial charge in [0.05, 0.1) is 12.0 Å². The summed E-state index contributed by atoms with van der Waals surface area (Å²) in [5, 5.41) is 25.0. The first-order chi connectivity index (χ1) is 12.9. The second-order valence-corrected chi connectivity index (χ2v) is 5.72. The van der Waals surface area contributed by atoms with E-state index in [2.05, 4.69) is 10.6 Å². The summed E-state index contributed by atoms with van der Waals surface area (Å²) in [5.74, 6) is -2.10. The van der Waals surface area contributed by atoms with Crippen molar-refractivity contribution in [2.24, 2.45) is 0 Å². The summed E-state index contributed by atoms with van der Waals surface area (Å²) in [6, 6.07) is 13.6. The molecule has 2 amide bonds. The molecule has 0 spiro atoms. The van der Waals surface area contributed by atoms with E-state index in [1.165, 1.54) is 24.3 Å². The van der Waals surface area contributed by atoms with E-state index in [4.69, 9.17) is 4.74 Å². The Hall–Kier alpha value is -3.55. The molecule has 0 aliphatic carbocycles. The third kappa shape index (κ3) is 7.07. The van der Waals surface area contributed by atoms with Crippen LogP contribution in [0.2, 0.25) is 0 Å². The van der Waals surface area contributed by atoms with Gasteiger partial charge in [0.15, 0.2) is 0 Å². The molecule has 0 aromatic heterocycles. The first-order valence-electron chi connectivity index (χ1n) is 8.16. The van der Waals surface area contributed by atoms with Crippen molar-refractivity contribution in [3.05, 3.63) is 65.7 Å². The number of carbonyl (C=O) groups excluding carboxylic acids is 3. The molecule has 0 aliphatic heterocycles. The van der Waals surface area contributed by atoms with E-state index >= 15 is 0 Å². The van der Waals surface area contributed by atoms with Gasteiger partial charge in [0, 0.05) is 0 Å². The third-order valence-electron chi connectivity index (χ3n) is 3.60. The zero-order valence-electron chi connectivity index (χ0n) is 14.4. The molecule has 0 saturated carbocycles. The Labute approximate surface area is 155 Å². The van der Waals surface area contributed by atoms with E-state index in [1.54, 1.807) is 24.3 Å². The maximum Gasteiger partial charge on any atom is 0.407 e. The number of amides is 2.